The van der Waals surface area contributed by atoms with Gasteiger partial charge >= 0.3 is 5.97 Å². The molecule has 0 aromatic heterocycles. The standard InChI is InChI=1S/C21H31NO5Si/c1-7-21(19(24)26-4)20(2)17(12-13-28(5,6)27-20)18(23)22(21)14-15-8-10-16(25-3)11-9-15/h8-11,17H,7,12-14H2,1-6H3/t17-,20-,21?/m0/s1. The molecule has 28 heavy (non-hydrogen) atoms. The zero-order valence-electron chi connectivity index (χ0n) is 17.7. The van der Waals surface area contributed by atoms with Crippen LogP contribution in [-0.4, -0.2) is 50.5 Å². The fourth-order valence-electron chi connectivity index (χ4n) is 5.13. The molecule has 2 aliphatic heterocycles. The van der Waals surface area contributed by atoms with Crippen molar-refractivity contribution in [3.8, 4) is 5.75 Å². The van der Waals surface area contributed by atoms with Crippen molar-refractivity contribution in [2.75, 3.05) is 14.2 Å². The van der Waals surface area contributed by atoms with Crippen molar-refractivity contribution < 1.29 is 23.5 Å². The maximum atomic E-state index is 13.5. The predicted octanol–water partition coefficient (Wildman–Crippen LogP) is 3.36. The summed E-state index contributed by atoms with van der Waals surface area (Å²) in [4.78, 5) is 28.4. The third-order valence-corrected chi connectivity index (χ3v) is 9.04. The number of nitrogens with zero attached hydrogens (tertiary/aromatic N) is 1. The molecule has 1 aromatic rings. The number of amides is 1. The van der Waals surface area contributed by atoms with Crippen LogP contribution in [0.15, 0.2) is 24.3 Å². The fraction of sp³-hybridized carbons (Fsp3) is 0.619. The van der Waals surface area contributed by atoms with E-state index >= 15 is 0 Å². The molecule has 0 aliphatic carbocycles. The average Bonchev–Trinajstić information content (AvgIpc) is 2.84. The van der Waals surface area contributed by atoms with E-state index in [0.29, 0.717) is 13.0 Å². The van der Waals surface area contributed by atoms with Crippen LogP contribution in [0.5, 0.6) is 5.75 Å². The van der Waals surface area contributed by atoms with E-state index in [1.807, 2.05) is 38.1 Å². The summed E-state index contributed by atoms with van der Waals surface area (Å²) in [5.74, 6) is 0.0110. The van der Waals surface area contributed by atoms with Gasteiger partial charge < -0.3 is 18.8 Å². The van der Waals surface area contributed by atoms with Crippen LogP contribution in [0, 0.1) is 5.92 Å². The fourth-order valence-corrected chi connectivity index (χ4v) is 7.68. The molecule has 0 N–H and O–H groups in total. The highest BCUT2D eigenvalue weighted by Gasteiger charge is 2.72. The minimum Gasteiger partial charge on any atom is -0.497 e. The molecule has 0 spiro atoms. The zero-order valence-corrected chi connectivity index (χ0v) is 18.7. The molecule has 2 heterocycles. The summed E-state index contributed by atoms with van der Waals surface area (Å²) in [7, 11) is 1.03. The lowest BCUT2D eigenvalue weighted by molar-refractivity contribution is -0.170. The molecule has 0 bridgehead atoms. The van der Waals surface area contributed by atoms with E-state index in [9.17, 15) is 9.59 Å². The van der Waals surface area contributed by atoms with Crippen LogP contribution in [-0.2, 0) is 25.3 Å². The molecule has 0 radical (unpaired) electrons. The highest BCUT2D eigenvalue weighted by Crippen LogP contribution is 2.54. The number of rotatable bonds is 5. The van der Waals surface area contributed by atoms with Crippen molar-refractivity contribution >= 4 is 20.2 Å². The van der Waals surface area contributed by atoms with Gasteiger partial charge in [-0.1, -0.05) is 19.1 Å². The van der Waals surface area contributed by atoms with Gasteiger partial charge in [0.1, 0.15) is 5.75 Å². The van der Waals surface area contributed by atoms with Crippen molar-refractivity contribution in [2.24, 2.45) is 5.92 Å². The minimum absolute atomic E-state index is 0.0185. The summed E-state index contributed by atoms with van der Waals surface area (Å²) in [6, 6.07) is 8.49. The average molecular weight is 406 g/mol. The number of hydrogen-bond donors (Lipinski definition) is 0. The zero-order chi connectivity index (χ0) is 20.7. The maximum absolute atomic E-state index is 13.5. The molecule has 1 aromatic carbocycles. The van der Waals surface area contributed by atoms with Gasteiger partial charge in [0.2, 0.25) is 5.91 Å². The molecule has 154 valence electrons. The van der Waals surface area contributed by atoms with Gasteiger partial charge in [0.15, 0.2) is 13.9 Å². The van der Waals surface area contributed by atoms with Gasteiger partial charge in [0, 0.05) is 6.54 Å². The van der Waals surface area contributed by atoms with E-state index in [1.165, 1.54) is 7.11 Å². The summed E-state index contributed by atoms with van der Waals surface area (Å²) in [6.45, 7) is 8.53. The van der Waals surface area contributed by atoms with Gasteiger partial charge in [-0.05, 0) is 56.6 Å². The van der Waals surface area contributed by atoms with Crippen LogP contribution < -0.4 is 4.74 Å². The molecule has 3 atom stereocenters. The lowest BCUT2D eigenvalue weighted by Crippen LogP contribution is -2.67. The first-order valence-electron chi connectivity index (χ1n) is 9.88. The second kappa shape index (κ2) is 7.19. The smallest absolute Gasteiger partial charge is 0.334 e. The Kier molecular flexibility index (Phi) is 5.36. The van der Waals surface area contributed by atoms with Crippen molar-refractivity contribution in [3.05, 3.63) is 29.8 Å². The van der Waals surface area contributed by atoms with Crippen molar-refractivity contribution in [2.45, 2.75) is 63.5 Å². The number of carbonyl (C=O) groups is 2. The third-order valence-electron chi connectivity index (χ3n) is 6.57. The molecule has 1 unspecified atom stereocenters. The molecular weight excluding hydrogens is 374 g/mol. The number of likely N-dealkylation sites (tertiary alicyclic amines) is 1. The van der Waals surface area contributed by atoms with Gasteiger partial charge in [-0.15, -0.1) is 0 Å². The summed E-state index contributed by atoms with van der Waals surface area (Å²) < 4.78 is 17.1. The van der Waals surface area contributed by atoms with Crippen LogP contribution in [0.4, 0.5) is 0 Å². The van der Waals surface area contributed by atoms with E-state index in [0.717, 1.165) is 23.8 Å². The molecule has 1 amide bonds. The van der Waals surface area contributed by atoms with Gasteiger partial charge in [0.25, 0.3) is 0 Å². The normalized spacial score (nSPS) is 31.4. The number of hydrogen-bond acceptors (Lipinski definition) is 5. The Morgan fingerprint density at radius 1 is 1.29 bits per heavy atom. The monoisotopic (exact) mass is 405 g/mol. The van der Waals surface area contributed by atoms with Gasteiger partial charge in [-0.25, -0.2) is 4.79 Å². The summed E-state index contributed by atoms with van der Waals surface area (Å²) in [6.07, 6.45) is 1.20. The van der Waals surface area contributed by atoms with Crippen molar-refractivity contribution in [1.29, 1.82) is 0 Å². The van der Waals surface area contributed by atoms with E-state index in [-0.39, 0.29) is 11.8 Å². The molecule has 2 fully saturated rings. The number of methoxy groups -OCH3 is 2. The Hall–Kier alpha value is -1.86. The summed E-state index contributed by atoms with van der Waals surface area (Å²) in [5.41, 5.74) is -1.07. The molecular formula is C21H31NO5Si. The van der Waals surface area contributed by atoms with E-state index in [4.69, 9.17) is 13.9 Å². The topological polar surface area (TPSA) is 65.1 Å². The Bertz CT molecular complexity index is 765. The summed E-state index contributed by atoms with van der Waals surface area (Å²) in [5, 5.41) is 0. The molecule has 3 rings (SSSR count). The first-order valence-corrected chi connectivity index (χ1v) is 13.0. The first kappa shape index (κ1) is 20.9. The van der Waals surface area contributed by atoms with Crippen molar-refractivity contribution in [1.82, 2.24) is 4.90 Å². The van der Waals surface area contributed by atoms with Crippen LogP contribution in [0.3, 0.4) is 0 Å². The van der Waals surface area contributed by atoms with Crippen LogP contribution in [0.2, 0.25) is 19.1 Å². The van der Waals surface area contributed by atoms with Crippen LogP contribution >= 0.6 is 0 Å². The van der Waals surface area contributed by atoms with E-state index in [1.54, 1.807) is 12.0 Å². The van der Waals surface area contributed by atoms with Crippen LogP contribution in [0.25, 0.3) is 0 Å². The number of carbonyl (C=O) groups excluding carboxylic acids is 2. The third kappa shape index (κ3) is 2.95. The Balaban J connectivity index is 2.08. The van der Waals surface area contributed by atoms with Crippen LogP contribution in [0.1, 0.15) is 32.3 Å². The second-order valence-electron chi connectivity index (χ2n) is 8.54. The highest BCUT2D eigenvalue weighted by atomic mass is 28.4. The molecule has 2 aliphatic rings. The quantitative estimate of drug-likeness (QED) is 0.555. The SMILES string of the molecule is CCC1(C(=O)OC)N(Cc2ccc(OC)cc2)C(=O)[C@@H]2CC[Si](C)(C)O[C@@]21C. The van der Waals surface area contributed by atoms with Gasteiger partial charge in [-0.2, -0.15) is 0 Å². The lowest BCUT2D eigenvalue weighted by Gasteiger charge is -2.51. The minimum atomic E-state index is -1.98. The largest absolute Gasteiger partial charge is 0.497 e. The maximum Gasteiger partial charge on any atom is 0.334 e. The Morgan fingerprint density at radius 3 is 2.46 bits per heavy atom. The Labute approximate surface area is 168 Å². The van der Waals surface area contributed by atoms with E-state index < -0.39 is 25.4 Å². The summed E-state index contributed by atoms with van der Waals surface area (Å²) >= 11 is 0. The number of benzene rings is 1. The molecule has 2 saturated heterocycles. The lowest BCUT2D eigenvalue weighted by atomic mass is 9.73. The Morgan fingerprint density at radius 2 is 1.93 bits per heavy atom. The number of esters is 1. The van der Waals surface area contributed by atoms with E-state index in [2.05, 4.69) is 13.1 Å². The van der Waals surface area contributed by atoms with Gasteiger partial charge in [0.05, 0.1) is 25.7 Å². The van der Waals surface area contributed by atoms with Crippen molar-refractivity contribution in [3.63, 3.8) is 0 Å². The second-order valence-corrected chi connectivity index (χ2v) is 12.8. The predicted molar refractivity (Wildman–Crippen MR) is 108 cm³/mol. The molecule has 0 saturated carbocycles. The highest BCUT2D eigenvalue weighted by molar-refractivity contribution is 6.71. The van der Waals surface area contributed by atoms with Gasteiger partial charge in [-0.3, -0.25) is 4.79 Å². The number of fused-ring (bicyclic) bond motifs is 1. The first-order chi connectivity index (χ1) is 13.1. The molecule has 6 nitrogen and oxygen atoms in total. The number of ether oxygens (including phenoxy) is 2. The molecule has 7 heteroatoms.